The summed E-state index contributed by atoms with van der Waals surface area (Å²) in [4.78, 5) is 24.5. The van der Waals surface area contributed by atoms with Gasteiger partial charge < -0.3 is 14.5 Å². The molecule has 0 aliphatic carbocycles. The van der Waals surface area contributed by atoms with Crippen molar-refractivity contribution >= 4 is 22.7 Å². The van der Waals surface area contributed by atoms with Gasteiger partial charge in [0, 0.05) is 36.3 Å². The number of carbonyl (C=O) groups is 1. The summed E-state index contributed by atoms with van der Waals surface area (Å²) in [5, 5.41) is 10.4. The second-order valence-electron chi connectivity index (χ2n) is 6.03. The topological polar surface area (TPSA) is 97.2 Å². The molecule has 1 aliphatic rings. The Balaban J connectivity index is 1.55. The van der Waals surface area contributed by atoms with Crippen LogP contribution in [0.3, 0.4) is 0 Å². The van der Waals surface area contributed by atoms with Gasteiger partial charge in [0.15, 0.2) is 5.82 Å². The molecule has 128 valence electrons. The van der Waals surface area contributed by atoms with Crippen LogP contribution in [-0.4, -0.2) is 29.3 Å². The van der Waals surface area contributed by atoms with E-state index >= 15 is 0 Å². The highest BCUT2D eigenvalue weighted by Gasteiger charge is 2.20. The van der Waals surface area contributed by atoms with Crippen LogP contribution in [0.1, 0.15) is 34.8 Å². The molecule has 7 heteroatoms. The Morgan fingerprint density at radius 3 is 2.84 bits per heavy atom. The zero-order valence-corrected chi connectivity index (χ0v) is 13.5. The molecule has 1 aliphatic heterocycles. The number of ether oxygens (including phenoxy) is 1. The number of nitrogens with one attached hydrogen (secondary N) is 2. The van der Waals surface area contributed by atoms with Gasteiger partial charge in [-0.05, 0) is 25.0 Å². The summed E-state index contributed by atoms with van der Waals surface area (Å²) in [6.45, 7) is 1.45. The van der Waals surface area contributed by atoms with Gasteiger partial charge in [-0.2, -0.15) is 5.10 Å². The first kappa shape index (κ1) is 15.6. The van der Waals surface area contributed by atoms with Gasteiger partial charge in [-0.3, -0.25) is 9.89 Å². The van der Waals surface area contributed by atoms with Gasteiger partial charge in [-0.15, -0.1) is 0 Å². The van der Waals surface area contributed by atoms with Crippen LogP contribution in [0.4, 0.5) is 5.82 Å². The van der Waals surface area contributed by atoms with E-state index in [9.17, 15) is 9.59 Å². The standard InChI is InChI=1S/C18H17N3O4/c22-17(13-9-12-3-1-2-4-15(12)25-18(13)23)19-16-10-14(20-21-16)11-5-7-24-8-6-11/h1-4,9-11H,5-8H2,(H2,19,20,21,22). The van der Waals surface area contributed by atoms with Crippen LogP contribution >= 0.6 is 0 Å². The minimum Gasteiger partial charge on any atom is -0.422 e. The first-order valence-corrected chi connectivity index (χ1v) is 8.18. The lowest BCUT2D eigenvalue weighted by Gasteiger charge is -2.20. The predicted octanol–water partition coefficient (Wildman–Crippen LogP) is 2.66. The summed E-state index contributed by atoms with van der Waals surface area (Å²) >= 11 is 0. The van der Waals surface area contributed by atoms with E-state index in [-0.39, 0.29) is 5.56 Å². The highest BCUT2D eigenvalue weighted by atomic mass is 16.5. The summed E-state index contributed by atoms with van der Waals surface area (Å²) < 4.78 is 10.5. The van der Waals surface area contributed by atoms with Crippen LogP contribution in [0.15, 0.2) is 45.6 Å². The Morgan fingerprint density at radius 2 is 2.00 bits per heavy atom. The third-order valence-electron chi connectivity index (χ3n) is 4.39. The maximum atomic E-state index is 12.4. The van der Waals surface area contributed by atoms with Crippen molar-refractivity contribution in [3.63, 3.8) is 0 Å². The lowest BCUT2D eigenvalue weighted by molar-refractivity contribution is 0.0845. The molecule has 1 fully saturated rings. The average molecular weight is 339 g/mol. The normalized spacial score (nSPS) is 15.4. The van der Waals surface area contributed by atoms with Gasteiger partial charge in [0.2, 0.25) is 0 Å². The molecule has 0 saturated carbocycles. The molecule has 0 spiro atoms. The van der Waals surface area contributed by atoms with Gasteiger partial charge in [0.25, 0.3) is 5.91 Å². The summed E-state index contributed by atoms with van der Waals surface area (Å²) in [5.41, 5.74) is 0.695. The number of fused-ring (bicyclic) bond motifs is 1. The van der Waals surface area contributed by atoms with E-state index in [2.05, 4.69) is 15.5 Å². The predicted molar refractivity (Wildman–Crippen MR) is 91.8 cm³/mol. The number of hydrogen-bond acceptors (Lipinski definition) is 5. The van der Waals surface area contributed by atoms with Crippen molar-refractivity contribution in [3.05, 3.63) is 58.1 Å². The van der Waals surface area contributed by atoms with E-state index in [1.807, 2.05) is 6.07 Å². The molecule has 0 unspecified atom stereocenters. The fourth-order valence-corrected chi connectivity index (χ4v) is 3.02. The van der Waals surface area contributed by atoms with Crippen LogP contribution in [0.2, 0.25) is 0 Å². The molecule has 1 aromatic carbocycles. The lowest BCUT2D eigenvalue weighted by atomic mass is 9.97. The smallest absolute Gasteiger partial charge is 0.349 e. The molecular weight excluding hydrogens is 322 g/mol. The number of aromatic nitrogens is 2. The molecule has 2 aromatic heterocycles. The van der Waals surface area contributed by atoms with Crippen molar-refractivity contribution in [2.75, 3.05) is 18.5 Å². The number of carbonyl (C=O) groups excluding carboxylic acids is 1. The molecule has 25 heavy (non-hydrogen) atoms. The van der Waals surface area contributed by atoms with Crippen LogP contribution in [-0.2, 0) is 4.74 Å². The molecular formula is C18H17N3O4. The lowest BCUT2D eigenvalue weighted by Crippen LogP contribution is -2.20. The molecule has 0 atom stereocenters. The highest BCUT2D eigenvalue weighted by Crippen LogP contribution is 2.26. The highest BCUT2D eigenvalue weighted by molar-refractivity contribution is 6.04. The first-order valence-electron chi connectivity index (χ1n) is 8.18. The number of rotatable bonds is 3. The molecule has 0 bridgehead atoms. The first-order chi connectivity index (χ1) is 12.2. The van der Waals surface area contributed by atoms with Crippen LogP contribution < -0.4 is 10.9 Å². The number of anilines is 1. The number of H-pyrrole nitrogens is 1. The maximum absolute atomic E-state index is 12.4. The van der Waals surface area contributed by atoms with Crippen LogP contribution in [0.25, 0.3) is 11.0 Å². The third-order valence-corrected chi connectivity index (χ3v) is 4.39. The fraction of sp³-hybridized carbons (Fsp3) is 0.278. The average Bonchev–Trinajstić information content (AvgIpc) is 3.10. The Labute approximate surface area is 143 Å². The number of benzene rings is 1. The van der Waals surface area contributed by atoms with Gasteiger partial charge >= 0.3 is 5.63 Å². The summed E-state index contributed by atoms with van der Waals surface area (Å²) in [6, 6.07) is 10.4. The third kappa shape index (κ3) is 3.18. The zero-order valence-electron chi connectivity index (χ0n) is 13.5. The van der Waals surface area contributed by atoms with E-state index in [1.165, 1.54) is 6.07 Å². The van der Waals surface area contributed by atoms with E-state index in [4.69, 9.17) is 9.15 Å². The fourth-order valence-electron chi connectivity index (χ4n) is 3.02. The van der Waals surface area contributed by atoms with Gasteiger partial charge in [0.1, 0.15) is 11.1 Å². The van der Waals surface area contributed by atoms with Gasteiger partial charge in [-0.25, -0.2) is 4.79 Å². The molecule has 0 radical (unpaired) electrons. The van der Waals surface area contributed by atoms with E-state index < -0.39 is 11.5 Å². The van der Waals surface area contributed by atoms with E-state index in [0.29, 0.717) is 22.7 Å². The second kappa shape index (κ2) is 6.52. The largest absolute Gasteiger partial charge is 0.422 e. The molecule has 3 aromatic rings. The Bertz CT molecular complexity index is 970. The summed E-state index contributed by atoms with van der Waals surface area (Å²) in [7, 11) is 0. The van der Waals surface area contributed by atoms with Gasteiger partial charge in [-0.1, -0.05) is 18.2 Å². The zero-order chi connectivity index (χ0) is 17.2. The molecule has 4 rings (SSSR count). The number of para-hydroxylation sites is 1. The molecule has 2 N–H and O–H groups in total. The Hall–Kier alpha value is -2.93. The maximum Gasteiger partial charge on any atom is 0.349 e. The van der Waals surface area contributed by atoms with Crippen molar-refractivity contribution in [3.8, 4) is 0 Å². The number of aromatic amines is 1. The van der Waals surface area contributed by atoms with Crippen molar-refractivity contribution in [1.29, 1.82) is 0 Å². The van der Waals surface area contributed by atoms with Crippen LogP contribution in [0.5, 0.6) is 0 Å². The number of amides is 1. The monoisotopic (exact) mass is 339 g/mol. The SMILES string of the molecule is O=C(Nc1cc(C2CCOCC2)[nH]n1)c1cc2ccccc2oc1=O. The minimum absolute atomic E-state index is 0.0469. The van der Waals surface area contributed by atoms with E-state index in [1.54, 1.807) is 24.3 Å². The molecule has 3 heterocycles. The van der Waals surface area contributed by atoms with E-state index in [0.717, 1.165) is 31.7 Å². The Morgan fingerprint density at radius 1 is 1.20 bits per heavy atom. The summed E-state index contributed by atoms with van der Waals surface area (Å²) in [6.07, 6.45) is 1.84. The minimum atomic E-state index is -0.670. The van der Waals surface area contributed by atoms with Crippen molar-refractivity contribution in [2.45, 2.75) is 18.8 Å². The quantitative estimate of drug-likeness (QED) is 0.715. The van der Waals surface area contributed by atoms with Crippen molar-refractivity contribution in [2.24, 2.45) is 0 Å². The van der Waals surface area contributed by atoms with Crippen molar-refractivity contribution < 1.29 is 13.9 Å². The molecule has 7 nitrogen and oxygen atoms in total. The summed E-state index contributed by atoms with van der Waals surface area (Å²) in [5.74, 6) is 0.196. The van der Waals surface area contributed by atoms with Crippen molar-refractivity contribution in [1.82, 2.24) is 10.2 Å². The number of hydrogen-bond donors (Lipinski definition) is 2. The number of nitrogens with zero attached hydrogens (tertiary/aromatic N) is 1. The van der Waals surface area contributed by atoms with Gasteiger partial charge in [0.05, 0.1) is 0 Å². The Kier molecular flexibility index (Phi) is 4.07. The molecule has 1 amide bonds. The van der Waals surface area contributed by atoms with Crippen LogP contribution in [0, 0.1) is 0 Å². The molecule has 1 saturated heterocycles. The second-order valence-corrected chi connectivity index (χ2v) is 6.03.